The molecule has 0 amide bonds. The van der Waals surface area contributed by atoms with Crippen LogP contribution in [0.4, 0.5) is 5.69 Å². The number of hydrogen-bond acceptors (Lipinski definition) is 3. The summed E-state index contributed by atoms with van der Waals surface area (Å²) in [7, 11) is 0. The Balaban J connectivity index is 1.92. The summed E-state index contributed by atoms with van der Waals surface area (Å²) in [5.41, 5.74) is 1.01. The lowest BCUT2D eigenvalue weighted by Crippen LogP contribution is -2.45. The molecule has 2 unspecified atom stereocenters. The van der Waals surface area contributed by atoms with E-state index in [0.29, 0.717) is 6.04 Å². The topological polar surface area (TPSA) is 43.8 Å². The molecule has 4 heteroatoms. The quantitative estimate of drug-likeness (QED) is 0.836. The molecule has 0 radical (unpaired) electrons. The Kier molecular flexibility index (Phi) is 2.52. The smallest absolute Gasteiger partial charge is 0.341 e. The van der Waals surface area contributed by atoms with Crippen LogP contribution in [-0.4, -0.2) is 41.3 Å². The van der Waals surface area contributed by atoms with Crippen molar-refractivity contribution < 1.29 is 9.90 Å². The van der Waals surface area contributed by atoms with Crippen LogP contribution in [0, 0.1) is 0 Å². The maximum absolute atomic E-state index is 11.4. The molecule has 0 aliphatic carbocycles. The highest BCUT2D eigenvalue weighted by Gasteiger charge is 2.45. The standard InChI is InChI=1S/C13H16N2O2/c16-13(17)12-14-8-4-7-11(14)9-15(12)10-5-2-1-3-6-10/h1-3,5-6,11-12H,4,7-9H2,(H,16,17). The second kappa shape index (κ2) is 4.04. The maximum Gasteiger partial charge on any atom is 0.341 e. The van der Waals surface area contributed by atoms with Crippen molar-refractivity contribution in [2.24, 2.45) is 0 Å². The fraction of sp³-hybridized carbons (Fsp3) is 0.462. The van der Waals surface area contributed by atoms with Gasteiger partial charge >= 0.3 is 5.97 Å². The van der Waals surface area contributed by atoms with E-state index in [1.165, 1.54) is 0 Å². The Morgan fingerprint density at radius 3 is 2.76 bits per heavy atom. The summed E-state index contributed by atoms with van der Waals surface area (Å²) in [5, 5.41) is 9.41. The van der Waals surface area contributed by atoms with Crippen LogP contribution in [0.3, 0.4) is 0 Å². The highest BCUT2D eigenvalue weighted by Crippen LogP contribution is 2.32. The zero-order valence-electron chi connectivity index (χ0n) is 9.62. The van der Waals surface area contributed by atoms with E-state index in [1.807, 2.05) is 35.2 Å². The Labute approximate surface area is 100 Å². The minimum absolute atomic E-state index is 0.413. The molecule has 0 bridgehead atoms. The van der Waals surface area contributed by atoms with Gasteiger partial charge in [-0.15, -0.1) is 0 Å². The van der Waals surface area contributed by atoms with Crippen molar-refractivity contribution in [3.05, 3.63) is 30.3 Å². The van der Waals surface area contributed by atoms with Crippen molar-refractivity contribution in [3.63, 3.8) is 0 Å². The molecule has 90 valence electrons. The summed E-state index contributed by atoms with van der Waals surface area (Å²) in [4.78, 5) is 15.6. The van der Waals surface area contributed by atoms with Crippen molar-refractivity contribution in [1.29, 1.82) is 0 Å². The molecule has 0 aromatic heterocycles. The van der Waals surface area contributed by atoms with Gasteiger partial charge in [0.25, 0.3) is 0 Å². The number of carboxylic acids is 1. The monoisotopic (exact) mass is 232 g/mol. The number of aliphatic carboxylic acids is 1. The second-order valence-electron chi connectivity index (χ2n) is 4.73. The van der Waals surface area contributed by atoms with Crippen LogP contribution in [0.15, 0.2) is 30.3 Å². The van der Waals surface area contributed by atoms with Gasteiger partial charge in [0.2, 0.25) is 0 Å². The third-order valence-corrected chi connectivity index (χ3v) is 3.75. The van der Waals surface area contributed by atoms with Crippen LogP contribution in [0.25, 0.3) is 0 Å². The first-order valence-electron chi connectivity index (χ1n) is 6.07. The number of carboxylic acid groups (broad SMARTS) is 1. The first-order valence-corrected chi connectivity index (χ1v) is 6.07. The summed E-state index contributed by atoms with van der Waals surface area (Å²) < 4.78 is 0. The number of para-hydroxylation sites is 1. The molecule has 1 aromatic carbocycles. The summed E-state index contributed by atoms with van der Waals surface area (Å²) in [6.07, 6.45) is 1.76. The molecule has 2 aliphatic rings. The van der Waals surface area contributed by atoms with Gasteiger partial charge in [-0.3, -0.25) is 4.90 Å². The van der Waals surface area contributed by atoms with Crippen molar-refractivity contribution >= 4 is 11.7 Å². The molecular formula is C13H16N2O2. The summed E-state index contributed by atoms with van der Waals surface area (Å²) in [6.45, 7) is 1.74. The van der Waals surface area contributed by atoms with E-state index in [9.17, 15) is 9.90 Å². The zero-order valence-corrected chi connectivity index (χ0v) is 9.62. The molecule has 0 spiro atoms. The highest BCUT2D eigenvalue weighted by atomic mass is 16.4. The fourth-order valence-corrected chi connectivity index (χ4v) is 3.02. The van der Waals surface area contributed by atoms with Crippen LogP contribution in [0.1, 0.15) is 12.8 Å². The highest BCUT2D eigenvalue weighted by molar-refractivity contribution is 5.78. The lowest BCUT2D eigenvalue weighted by atomic mass is 10.2. The van der Waals surface area contributed by atoms with Crippen LogP contribution in [0.2, 0.25) is 0 Å². The van der Waals surface area contributed by atoms with Crippen LogP contribution in [0.5, 0.6) is 0 Å². The van der Waals surface area contributed by atoms with E-state index in [0.717, 1.165) is 31.6 Å². The number of hydrogen-bond donors (Lipinski definition) is 1. The Hall–Kier alpha value is -1.55. The van der Waals surface area contributed by atoms with Crippen molar-refractivity contribution in [2.45, 2.75) is 25.0 Å². The van der Waals surface area contributed by atoms with Crippen LogP contribution in [-0.2, 0) is 4.79 Å². The number of fused-ring (bicyclic) bond motifs is 1. The minimum atomic E-state index is -0.738. The Morgan fingerprint density at radius 2 is 2.06 bits per heavy atom. The molecular weight excluding hydrogens is 216 g/mol. The van der Waals surface area contributed by atoms with E-state index in [2.05, 4.69) is 4.90 Å². The SMILES string of the molecule is O=C(O)C1N(c2ccccc2)CC2CCCN21. The molecule has 2 saturated heterocycles. The van der Waals surface area contributed by atoms with Gasteiger partial charge in [-0.1, -0.05) is 18.2 Å². The molecule has 0 saturated carbocycles. The van der Waals surface area contributed by atoms with E-state index in [4.69, 9.17) is 0 Å². The fourth-order valence-electron chi connectivity index (χ4n) is 3.02. The van der Waals surface area contributed by atoms with E-state index < -0.39 is 12.1 Å². The molecule has 17 heavy (non-hydrogen) atoms. The molecule has 2 aliphatic heterocycles. The molecule has 2 heterocycles. The van der Waals surface area contributed by atoms with E-state index >= 15 is 0 Å². The van der Waals surface area contributed by atoms with Crippen LogP contribution >= 0.6 is 0 Å². The third kappa shape index (κ3) is 1.69. The number of carbonyl (C=O) groups is 1. The maximum atomic E-state index is 11.4. The van der Waals surface area contributed by atoms with Gasteiger partial charge in [-0.2, -0.15) is 0 Å². The number of rotatable bonds is 2. The Morgan fingerprint density at radius 1 is 1.29 bits per heavy atom. The molecule has 2 atom stereocenters. The zero-order chi connectivity index (χ0) is 11.8. The van der Waals surface area contributed by atoms with Crippen molar-refractivity contribution in [3.8, 4) is 0 Å². The molecule has 3 rings (SSSR count). The minimum Gasteiger partial charge on any atom is -0.479 e. The summed E-state index contributed by atoms with van der Waals surface area (Å²) in [6, 6.07) is 10.2. The number of nitrogens with zero attached hydrogens (tertiary/aromatic N) is 2. The first-order chi connectivity index (χ1) is 8.27. The van der Waals surface area contributed by atoms with Gasteiger partial charge in [0.15, 0.2) is 6.17 Å². The van der Waals surface area contributed by atoms with Crippen molar-refractivity contribution in [2.75, 3.05) is 18.0 Å². The lowest BCUT2D eigenvalue weighted by molar-refractivity contribution is -0.142. The normalized spacial score (nSPS) is 28.4. The third-order valence-electron chi connectivity index (χ3n) is 3.75. The van der Waals surface area contributed by atoms with Gasteiger partial charge in [0, 0.05) is 24.8 Å². The molecule has 1 aromatic rings. The van der Waals surface area contributed by atoms with Crippen molar-refractivity contribution in [1.82, 2.24) is 4.90 Å². The van der Waals surface area contributed by atoms with Gasteiger partial charge in [0.05, 0.1) is 0 Å². The number of benzene rings is 1. The van der Waals surface area contributed by atoms with Gasteiger partial charge in [0.1, 0.15) is 0 Å². The van der Waals surface area contributed by atoms with Gasteiger partial charge in [-0.05, 0) is 25.0 Å². The first kappa shape index (κ1) is 10.6. The average Bonchev–Trinajstić information content (AvgIpc) is 2.88. The van der Waals surface area contributed by atoms with Crippen LogP contribution < -0.4 is 4.90 Å². The van der Waals surface area contributed by atoms with Gasteiger partial charge in [-0.25, -0.2) is 4.79 Å². The number of anilines is 1. The van der Waals surface area contributed by atoms with E-state index in [-0.39, 0.29) is 0 Å². The average molecular weight is 232 g/mol. The summed E-state index contributed by atoms with van der Waals surface area (Å²) in [5.74, 6) is -0.738. The molecule has 4 nitrogen and oxygen atoms in total. The Bertz CT molecular complexity index is 421. The molecule has 1 N–H and O–H groups in total. The molecule has 2 fully saturated rings. The predicted molar refractivity (Wildman–Crippen MR) is 64.9 cm³/mol. The predicted octanol–water partition coefficient (Wildman–Crippen LogP) is 1.38. The lowest BCUT2D eigenvalue weighted by Gasteiger charge is -2.27. The van der Waals surface area contributed by atoms with E-state index in [1.54, 1.807) is 0 Å². The van der Waals surface area contributed by atoms with Gasteiger partial charge < -0.3 is 10.0 Å². The largest absolute Gasteiger partial charge is 0.479 e. The second-order valence-corrected chi connectivity index (χ2v) is 4.73. The summed E-state index contributed by atoms with van der Waals surface area (Å²) >= 11 is 0.